The van der Waals surface area contributed by atoms with Crippen molar-refractivity contribution in [3.63, 3.8) is 0 Å². The van der Waals surface area contributed by atoms with Gasteiger partial charge in [-0.05, 0) is 17.7 Å². The van der Waals surface area contributed by atoms with Gasteiger partial charge < -0.3 is 5.73 Å². The number of imide groups is 1. The van der Waals surface area contributed by atoms with Crippen molar-refractivity contribution in [2.45, 2.75) is 19.0 Å². The number of nitrogens with two attached hydrogens (primary N) is 1. The van der Waals surface area contributed by atoms with Crippen LogP contribution in [0.3, 0.4) is 0 Å². The van der Waals surface area contributed by atoms with E-state index in [2.05, 4.69) is 15.9 Å². The minimum atomic E-state index is -0.667. The molecule has 1 aromatic carbocycles. The lowest BCUT2D eigenvalue weighted by Crippen LogP contribution is -2.34. The van der Waals surface area contributed by atoms with Gasteiger partial charge in [0.1, 0.15) is 0 Å². The molecule has 4 nitrogen and oxygen atoms in total. The van der Waals surface area contributed by atoms with Gasteiger partial charge in [-0.25, -0.2) is 0 Å². The Bertz CT molecular complexity index is 447. The fourth-order valence-electron chi connectivity index (χ4n) is 1.69. The van der Waals surface area contributed by atoms with E-state index in [1.165, 1.54) is 4.90 Å². The Labute approximate surface area is 102 Å². The lowest BCUT2D eigenvalue weighted by molar-refractivity contribution is -0.139. The van der Waals surface area contributed by atoms with Gasteiger partial charge >= 0.3 is 0 Å². The van der Waals surface area contributed by atoms with Crippen molar-refractivity contribution < 1.29 is 9.59 Å². The van der Waals surface area contributed by atoms with Crippen molar-refractivity contribution in [2.75, 3.05) is 0 Å². The van der Waals surface area contributed by atoms with Crippen LogP contribution in [-0.2, 0) is 16.1 Å². The number of hydrogen-bond donors (Lipinski definition) is 1. The van der Waals surface area contributed by atoms with Gasteiger partial charge in [-0.15, -0.1) is 0 Å². The molecule has 2 amide bonds. The van der Waals surface area contributed by atoms with E-state index in [1.807, 2.05) is 24.3 Å². The zero-order valence-corrected chi connectivity index (χ0v) is 10.1. The maximum Gasteiger partial charge on any atom is 0.246 e. The SMILES string of the molecule is NC1CC(=O)N(Cc2cccc(Br)c2)C1=O. The van der Waals surface area contributed by atoms with Crippen molar-refractivity contribution >= 4 is 27.7 Å². The van der Waals surface area contributed by atoms with Crippen LogP contribution in [0.4, 0.5) is 0 Å². The summed E-state index contributed by atoms with van der Waals surface area (Å²) in [6, 6.07) is 6.84. The average molecular weight is 283 g/mol. The van der Waals surface area contributed by atoms with Gasteiger partial charge in [-0.2, -0.15) is 0 Å². The van der Waals surface area contributed by atoms with E-state index < -0.39 is 6.04 Å². The second-order valence-corrected chi connectivity index (χ2v) is 4.67. The van der Waals surface area contributed by atoms with Gasteiger partial charge in [0.25, 0.3) is 0 Å². The molecule has 0 aromatic heterocycles. The van der Waals surface area contributed by atoms with Gasteiger partial charge in [-0.1, -0.05) is 28.1 Å². The first-order valence-electron chi connectivity index (χ1n) is 4.92. The van der Waals surface area contributed by atoms with Crippen molar-refractivity contribution in [1.29, 1.82) is 0 Å². The molecule has 5 heteroatoms. The largest absolute Gasteiger partial charge is 0.319 e. The quantitative estimate of drug-likeness (QED) is 0.825. The number of hydrogen-bond acceptors (Lipinski definition) is 3. The predicted octanol–water partition coefficient (Wildman–Crippen LogP) is 1.04. The molecule has 1 atom stereocenters. The Kier molecular flexibility index (Phi) is 3.07. The number of carbonyl (C=O) groups excluding carboxylic acids is 2. The number of amides is 2. The maximum absolute atomic E-state index is 11.6. The summed E-state index contributed by atoms with van der Waals surface area (Å²) < 4.78 is 0.924. The molecule has 0 radical (unpaired) electrons. The maximum atomic E-state index is 11.6. The van der Waals surface area contributed by atoms with Crippen LogP contribution in [0.5, 0.6) is 0 Å². The number of likely N-dealkylation sites (tertiary alicyclic amines) is 1. The highest BCUT2D eigenvalue weighted by molar-refractivity contribution is 9.10. The van der Waals surface area contributed by atoms with E-state index in [0.29, 0.717) is 6.54 Å². The molecule has 1 aliphatic heterocycles. The molecule has 0 bridgehead atoms. The highest BCUT2D eigenvalue weighted by atomic mass is 79.9. The van der Waals surface area contributed by atoms with Crippen LogP contribution in [0, 0.1) is 0 Å². The fourth-order valence-corrected chi connectivity index (χ4v) is 2.14. The molecule has 1 aromatic rings. The van der Waals surface area contributed by atoms with Gasteiger partial charge in [-0.3, -0.25) is 14.5 Å². The van der Waals surface area contributed by atoms with Gasteiger partial charge in [0, 0.05) is 4.47 Å². The molecule has 0 aliphatic carbocycles. The van der Waals surface area contributed by atoms with E-state index >= 15 is 0 Å². The van der Waals surface area contributed by atoms with E-state index in [9.17, 15) is 9.59 Å². The van der Waals surface area contributed by atoms with Crippen molar-refractivity contribution in [2.24, 2.45) is 5.73 Å². The minimum Gasteiger partial charge on any atom is -0.319 e. The summed E-state index contributed by atoms with van der Waals surface area (Å²) in [5.74, 6) is -0.484. The molecule has 2 rings (SSSR count). The zero-order chi connectivity index (χ0) is 11.7. The minimum absolute atomic E-state index is 0.118. The van der Waals surface area contributed by atoms with Gasteiger partial charge in [0.15, 0.2) is 0 Å². The molecular weight excluding hydrogens is 272 g/mol. The monoisotopic (exact) mass is 282 g/mol. The van der Waals surface area contributed by atoms with E-state index in [-0.39, 0.29) is 18.2 Å². The second-order valence-electron chi connectivity index (χ2n) is 3.76. The molecule has 2 N–H and O–H groups in total. The summed E-state index contributed by atoms with van der Waals surface area (Å²) in [6.45, 7) is 0.296. The van der Waals surface area contributed by atoms with Gasteiger partial charge in [0.2, 0.25) is 11.8 Å². The Morgan fingerprint density at radius 3 is 2.75 bits per heavy atom. The molecule has 1 fully saturated rings. The summed E-state index contributed by atoms with van der Waals surface area (Å²) in [5, 5.41) is 0. The van der Waals surface area contributed by atoms with Crippen LogP contribution < -0.4 is 5.73 Å². The van der Waals surface area contributed by atoms with Crippen LogP contribution in [0.25, 0.3) is 0 Å². The molecule has 1 aliphatic rings. The first-order valence-corrected chi connectivity index (χ1v) is 5.71. The first kappa shape index (κ1) is 11.3. The fraction of sp³-hybridized carbons (Fsp3) is 0.273. The topological polar surface area (TPSA) is 63.4 Å². The van der Waals surface area contributed by atoms with Crippen LogP contribution in [0.1, 0.15) is 12.0 Å². The number of rotatable bonds is 2. The Hall–Kier alpha value is -1.20. The molecule has 84 valence electrons. The standard InChI is InChI=1S/C11H11BrN2O2/c12-8-3-1-2-7(4-8)6-14-10(15)5-9(13)11(14)16/h1-4,9H,5-6,13H2. The third kappa shape index (κ3) is 2.15. The average Bonchev–Trinajstić information content (AvgIpc) is 2.45. The molecule has 0 spiro atoms. The van der Waals surface area contributed by atoms with Crippen molar-refractivity contribution in [3.05, 3.63) is 34.3 Å². The summed E-state index contributed by atoms with van der Waals surface area (Å²) in [5.41, 5.74) is 6.43. The summed E-state index contributed by atoms with van der Waals surface area (Å²) in [4.78, 5) is 24.3. The van der Waals surface area contributed by atoms with Crippen LogP contribution in [-0.4, -0.2) is 22.8 Å². The molecule has 16 heavy (non-hydrogen) atoms. The normalized spacial score (nSPS) is 20.6. The third-order valence-corrected chi connectivity index (χ3v) is 3.00. The van der Waals surface area contributed by atoms with Crippen LogP contribution in [0.15, 0.2) is 28.7 Å². The third-order valence-electron chi connectivity index (χ3n) is 2.51. The number of carbonyl (C=O) groups is 2. The Morgan fingerprint density at radius 1 is 1.44 bits per heavy atom. The Balaban J connectivity index is 2.16. The van der Waals surface area contributed by atoms with Gasteiger partial charge in [0.05, 0.1) is 19.0 Å². The smallest absolute Gasteiger partial charge is 0.246 e. The lowest BCUT2D eigenvalue weighted by atomic mass is 10.2. The van der Waals surface area contributed by atoms with Crippen molar-refractivity contribution in [3.8, 4) is 0 Å². The zero-order valence-electron chi connectivity index (χ0n) is 8.52. The molecule has 1 unspecified atom stereocenters. The number of benzene rings is 1. The highest BCUT2D eigenvalue weighted by Gasteiger charge is 2.35. The predicted molar refractivity (Wildman–Crippen MR) is 62.3 cm³/mol. The Morgan fingerprint density at radius 2 is 2.19 bits per heavy atom. The summed E-state index contributed by atoms with van der Waals surface area (Å²) >= 11 is 3.34. The van der Waals surface area contributed by atoms with Crippen LogP contribution >= 0.6 is 15.9 Å². The lowest BCUT2D eigenvalue weighted by Gasteiger charge is -2.14. The molecule has 1 saturated heterocycles. The first-order chi connectivity index (χ1) is 7.58. The highest BCUT2D eigenvalue weighted by Crippen LogP contribution is 2.17. The molecular formula is C11H11BrN2O2. The van der Waals surface area contributed by atoms with E-state index in [4.69, 9.17) is 5.73 Å². The second kappa shape index (κ2) is 4.35. The summed E-state index contributed by atoms with van der Waals surface area (Å²) in [6.07, 6.45) is 0.118. The van der Waals surface area contributed by atoms with E-state index in [1.54, 1.807) is 0 Å². The molecule has 0 saturated carbocycles. The number of nitrogens with zero attached hydrogens (tertiary/aromatic N) is 1. The number of halogens is 1. The van der Waals surface area contributed by atoms with Crippen molar-refractivity contribution in [1.82, 2.24) is 4.90 Å². The van der Waals surface area contributed by atoms with Crippen LogP contribution in [0.2, 0.25) is 0 Å². The summed E-state index contributed by atoms with van der Waals surface area (Å²) in [7, 11) is 0. The molecule has 1 heterocycles. The van der Waals surface area contributed by atoms with E-state index in [0.717, 1.165) is 10.0 Å².